The highest BCUT2D eigenvalue weighted by Crippen LogP contribution is 2.50. The highest BCUT2D eigenvalue weighted by molar-refractivity contribution is 6.44. The lowest BCUT2D eigenvalue weighted by atomic mass is 10.2. The van der Waals surface area contributed by atoms with E-state index in [-0.39, 0.29) is 74.6 Å². The molecule has 0 spiro atoms. The zero-order chi connectivity index (χ0) is 22.3. The monoisotopic (exact) mass is 564 g/mol. The number of benzene rings is 3. The SMILES string of the molecule is Nc1c(Cl)cc(Cl)c(Oc2ccc(Cl)c(Oc3c(Cl)cc(Cl)c(N)c3Cl)c2Cl)c1Cl. The minimum absolute atomic E-state index is 0.00413. The van der Waals surface area contributed by atoms with Gasteiger partial charge in [0.2, 0.25) is 0 Å². The third kappa shape index (κ3) is 4.52. The number of halogens is 8. The fourth-order valence-electron chi connectivity index (χ4n) is 2.26. The van der Waals surface area contributed by atoms with Crippen molar-refractivity contribution in [2.24, 2.45) is 0 Å². The summed E-state index contributed by atoms with van der Waals surface area (Å²) in [6.45, 7) is 0. The van der Waals surface area contributed by atoms with Crippen LogP contribution in [0, 0.1) is 0 Å². The van der Waals surface area contributed by atoms with Gasteiger partial charge in [-0.3, -0.25) is 0 Å². The van der Waals surface area contributed by atoms with Gasteiger partial charge in [-0.25, -0.2) is 0 Å². The molecular weight excluding hydrogens is 560 g/mol. The summed E-state index contributed by atoms with van der Waals surface area (Å²) in [4.78, 5) is 0. The van der Waals surface area contributed by atoms with Crippen LogP contribution < -0.4 is 20.9 Å². The van der Waals surface area contributed by atoms with Gasteiger partial charge in [0.1, 0.15) is 20.8 Å². The number of ether oxygens (including phenoxy) is 2. The summed E-state index contributed by atoms with van der Waals surface area (Å²) < 4.78 is 11.5. The minimum atomic E-state index is -0.0243. The van der Waals surface area contributed by atoms with Crippen LogP contribution in [0.4, 0.5) is 11.4 Å². The van der Waals surface area contributed by atoms with Crippen molar-refractivity contribution in [3.05, 3.63) is 64.4 Å². The molecule has 0 saturated carbocycles. The van der Waals surface area contributed by atoms with Crippen molar-refractivity contribution in [3.8, 4) is 23.0 Å². The number of anilines is 2. The van der Waals surface area contributed by atoms with Gasteiger partial charge < -0.3 is 20.9 Å². The topological polar surface area (TPSA) is 70.5 Å². The molecule has 4 nitrogen and oxygen atoms in total. The van der Waals surface area contributed by atoms with E-state index in [1.165, 1.54) is 24.3 Å². The van der Waals surface area contributed by atoms with Crippen LogP contribution in [-0.4, -0.2) is 0 Å². The van der Waals surface area contributed by atoms with Crippen molar-refractivity contribution >= 4 is 104 Å². The maximum Gasteiger partial charge on any atom is 0.168 e. The summed E-state index contributed by atoms with van der Waals surface area (Å²) in [6.07, 6.45) is 0. The van der Waals surface area contributed by atoms with Crippen molar-refractivity contribution in [1.29, 1.82) is 0 Å². The van der Waals surface area contributed by atoms with Crippen LogP contribution in [-0.2, 0) is 0 Å². The van der Waals surface area contributed by atoms with Crippen molar-refractivity contribution in [3.63, 3.8) is 0 Å². The van der Waals surface area contributed by atoms with E-state index in [1.54, 1.807) is 0 Å². The molecule has 3 aromatic carbocycles. The second-order valence-electron chi connectivity index (χ2n) is 5.69. The first-order valence-corrected chi connectivity index (χ1v) is 10.7. The van der Waals surface area contributed by atoms with E-state index in [0.717, 1.165) is 0 Å². The van der Waals surface area contributed by atoms with Crippen LogP contribution >= 0.6 is 92.8 Å². The van der Waals surface area contributed by atoms with Crippen LogP contribution in [0.3, 0.4) is 0 Å². The number of hydrogen-bond acceptors (Lipinski definition) is 4. The molecule has 0 aliphatic rings. The van der Waals surface area contributed by atoms with Crippen LogP contribution in [0.2, 0.25) is 40.2 Å². The fraction of sp³-hybridized carbons (Fsp3) is 0. The van der Waals surface area contributed by atoms with Gasteiger partial charge in [-0.15, -0.1) is 0 Å². The Hall–Kier alpha value is -0.820. The van der Waals surface area contributed by atoms with Crippen molar-refractivity contribution in [1.82, 2.24) is 0 Å². The van der Waals surface area contributed by atoms with Crippen molar-refractivity contribution in [2.75, 3.05) is 11.5 Å². The highest BCUT2D eigenvalue weighted by Gasteiger charge is 2.22. The fourth-order valence-corrected chi connectivity index (χ4v) is 4.43. The molecule has 0 radical (unpaired) electrons. The van der Waals surface area contributed by atoms with Gasteiger partial charge in [0.05, 0.1) is 36.5 Å². The molecule has 0 saturated heterocycles. The quantitative estimate of drug-likeness (QED) is 0.308. The molecule has 0 unspecified atom stereocenters. The smallest absolute Gasteiger partial charge is 0.168 e. The summed E-state index contributed by atoms with van der Waals surface area (Å²) in [5.41, 5.74) is 11.8. The average molecular weight is 568 g/mol. The van der Waals surface area contributed by atoms with E-state index in [9.17, 15) is 0 Å². The number of nitrogens with two attached hydrogens (primary N) is 2. The molecule has 0 aliphatic carbocycles. The summed E-state index contributed by atoms with van der Waals surface area (Å²) in [5, 5.41) is 0.660. The Kier molecular flexibility index (Phi) is 7.43. The van der Waals surface area contributed by atoms with Crippen molar-refractivity contribution < 1.29 is 9.47 Å². The highest BCUT2D eigenvalue weighted by atomic mass is 35.5. The van der Waals surface area contributed by atoms with Crippen LogP contribution in [0.5, 0.6) is 23.0 Å². The van der Waals surface area contributed by atoms with E-state index in [1.807, 2.05) is 0 Å². The molecule has 3 aromatic rings. The number of rotatable bonds is 4. The lowest BCUT2D eigenvalue weighted by Gasteiger charge is -2.17. The summed E-state index contributed by atoms with van der Waals surface area (Å²) >= 11 is 49.4. The molecule has 0 aromatic heterocycles. The first-order chi connectivity index (χ1) is 14.0. The van der Waals surface area contributed by atoms with Crippen LogP contribution in [0.15, 0.2) is 24.3 Å². The Bertz CT molecular complexity index is 1170. The first kappa shape index (κ1) is 23.8. The zero-order valence-corrected chi connectivity index (χ0v) is 20.4. The maximum atomic E-state index is 6.44. The van der Waals surface area contributed by atoms with Gasteiger partial charge in [-0.05, 0) is 24.3 Å². The predicted octanol–water partition coefficient (Wildman–Crippen LogP) is 9.66. The van der Waals surface area contributed by atoms with Crippen molar-refractivity contribution in [2.45, 2.75) is 0 Å². The Labute approximate surface area is 211 Å². The van der Waals surface area contributed by atoms with E-state index in [4.69, 9.17) is 114 Å². The molecule has 0 heterocycles. The lowest BCUT2D eigenvalue weighted by Crippen LogP contribution is -1.96. The van der Waals surface area contributed by atoms with Crippen LogP contribution in [0.25, 0.3) is 0 Å². The molecule has 4 N–H and O–H groups in total. The predicted molar refractivity (Wildman–Crippen MR) is 128 cm³/mol. The van der Waals surface area contributed by atoms with E-state index >= 15 is 0 Å². The lowest BCUT2D eigenvalue weighted by molar-refractivity contribution is 0.461. The van der Waals surface area contributed by atoms with Gasteiger partial charge in [-0.2, -0.15) is 0 Å². The number of nitrogen functional groups attached to an aromatic ring is 2. The van der Waals surface area contributed by atoms with E-state index < -0.39 is 0 Å². The van der Waals surface area contributed by atoms with Gasteiger partial charge in [0.25, 0.3) is 0 Å². The Balaban J connectivity index is 2.07. The second-order valence-corrected chi connectivity index (χ2v) is 8.86. The van der Waals surface area contributed by atoms with E-state index in [2.05, 4.69) is 0 Å². The number of hydrogen-bond donors (Lipinski definition) is 2. The van der Waals surface area contributed by atoms with E-state index in [0.29, 0.717) is 0 Å². The molecule has 0 atom stereocenters. The second kappa shape index (κ2) is 9.35. The maximum absolute atomic E-state index is 6.44. The average Bonchev–Trinajstić information content (AvgIpc) is 2.68. The van der Waals surface area contributed by atoms with Gasteiger partial charge in [0.15, 0.2) is 17.2 Å². The molecule has 12 heteroatoms. The standard InChI is InChI=1S/C18H8Cl8N2O2/c19-5-1-2-10(29-17-8(22)3-6(20)14(27)12(17)25)11(24)16(5)30-18-9(23)4-7(21)15(28)13(18)26/h1-4H,27-28H2. The van der Waals surface area contributed by atoms with Gasteiger partial charge in [0, 0.05) is 0 Å². The Morgan fingerprint density at radius 3 is 1.43 bits per heavy atom. The molecule has 0 aliphatic heterocycles. The normalized spacial score (nSPS) is 10.9. The molecule has 158 valence electrons. The summed E-state index contributed by atoms with van der Waals surface area (Å²) in [5.74, 6) is 0.154. The first-order valence-electron chi connectivity index (χ1n) is 7.72. The Morgan fingerprint density at radius 2 is 0.933 bits per heavy atom. The molecule has 0 amide bonds. The van der Waals surface area contributed by atoms with Crippen LogP contribution in [0.1, 0.15) is 0 Å². The molecule has 0 bridgehead atoms. The third-order valence-electron chi connectivity index (χ3n) is 3.76. The molecular formula is C18H8Cl8N2O2. The minimum Gasteiger partial charge on any atom is -0.452 e. The zero-order valence-electron chi connectivity index (χ0n) is 14.3. The van der Waals surface area contributed by atoms with Gasteiger partial charge >= 0.3 is 0 Å². The van der Waals surface area contributed by atoms with Gasteiger partial charge in [-0.1, -0.05) is 92.8 Å². The molecule has 3 rings (SSSR count). The molecule has 0 fully saturated rings. The largest absolute Gasteiger partial charge is 0.452 e. The Morgan fingerprint density at radius 1 is 0.500 bits per heavy atom. The summed E-state index contributed by atoms with van der Waals surface area (Å²) in [6, 6.07) is 5.71. The molecule has 30 heavy (non-hydrogen) atoms. The summed E-state index contributed by atoms with van der Waals surface area (Å²) in [7, 11) is 0. The third-order valence-corrected chi connectivity index (χ3v) is 6.35.